The number of para-hydroxylation sites is 1. The summed E-state index contributed by atoms with van der Waals surface area (Å²) < 4.78 is 28.0. The van der Waals surface area contributed by atoms with E-state index in [1.165, 1.54) is 18.2 Å². The smallest absolute Gasteiger partial charge is 0.264 e. The third-order valence-electron chi connectivity index (χ3n) is 5.43. The number of nitrogens with one attached hydrogen (secondary N) is 2. The summed E-state index contributed by atoms with van der Waals surface area (Å²) in [6.07, 6.45) is 0.756. The number of benzene rings is 3. The van der Waals surface area contributed by atoms with Crippen LogP contribution in [0.2, 0.25) is 5.02 Å². The van der Waals surface area contributed by atoms with Gasteiger partial charge < -0.3 is 10.6 Å². The lowest BCUT2D eigenvalue weighted by Gasteiger charge is -2.24. The number of hydrogen-bond acceptors (Lipinski definition) is 4. The molecule has 0 radical (unpaired) electrons. The van der Waals surface area contributed by atoms with Gasteiger partial charge in [0.25, 0.3) is 15.9 Å². The number of anilines is 2. The van der Waals surface area contributed by atoms with Gasteiger partial charge in [-0.3, -0.25) is 13.9 Å². The number of halogens is 1. The average molecular weight is 514 g/mol. The molecule has 0 aliphatic heterocycles. The van der Waals surface area contributed by atoms with Gasteiger partial charge in [-0.05, 0) is 62.7 Å². The van der Waals surface area contributed by atoms with Gasteiger partial charge in [0, 0.05) is 11.1 Å². The first-order chi connectivity index (χ1) is 16.6. The van der Waals surface area contributed by atoms with Crippen LogP contribution in [0.1, 0.15) is 36.2 Å². The molecule has 0 spiro atoms. The van der Waals surface area contributed by atoms with E-state index < -0.39 is 22.5 Å². The van der Waals surface area contributed by atoms with Crippen LogP contribution in [0, 0.1) is 6.92 Å². The summed E-state index contributed by atoms with van der Waals surface area (Å²) in [6, 6.07) is 19.2. The van der Waals surface area contributed by atoms with Crippen LogP contribution in [-0.4, -0.2) is 32.8 Å². The third kappa shape index (κ3) is 6.61. The van der Waals surface area contributed by atoms with E-state index in [1.807, 2.05) is 20.8 Å². The lowest BCUT2D eigenvalue weighted by atomic mass is 10.1. The molecule has 3 rings (SSSR count). The molecule has 0 aliphatic carbocycles. The van der Waals surface area contributed by atoms with Crippen LogP contribution < -0.4 is 14.9 Å². The molecular formula is C26H28ClN3O4S. The van der Waals surface area contributed by atoms with Gasteiger partial charge in [-0.15, -0.1) is 0 Å². The Bertz CT molecular complexity index is 1310. The van der Waals surface area contributed by atoms with Gasteiger partial charge in [0.2, 0.25) is 5.91 Å². The molecule has 0 fully saturated rings. The fraction of sp³-hybridized carbons (Fsp3) is 0.231. The lowest BCUT2D eigenvalue weighted by Crippen LogP contribution is -2.38. The first-order valence-electron chi connectivity index (χ1n) is 11.2. The number of carbonyl (C=O) groups excluding carboxylic acids is 2. The van der Waals surface area contributed by atoms with Crippen molar-refractivity contribution in [3.8, 4) is 0 Å². The summed E-state index contributed by atoms with van der Waals surface area (Å²) in [5.41, 5.74) is 1.73. The largest absolute Gasteiger partial charge is 0.350 e. The minimum atomic E-state index is -4.09. The third-order valence-corrected chi connectivity index (χ3v) is 7.45. The molecule has 35 heavy (non-hydrogen) atoms. The van der Waals surface area contributed by atoms with E-state index in [9.17, 15) is 18.0 Å². The Morgan fingerprint density at radius 1 is 1.00 bits per heavy atom. The standard InChI is InChI=1S/C26H28ClN3O4S/c1-4-19(3)28-26(32)23-10-5-6-11-24(23)29-25(31)17-30(21-9-7-8-20(27)16-21)35(33,34)22-14-12-18(2)13-15-22/h5-16,19H,4,17H2,1-3H3,(H,28,32)(H,29,31). The normalized spacial score (nSPS) is 12.0. The van der Waals surface area contributed by atoms with Gasteiger partial charge in [0.15, 0.2) is 0 Å². The van der Waals surface area contributed by atoms with Crippen molar-refractivity contribution in [1.82, 2.24) is 5.32 Å². The zero-order valence-electron chi connectivity index (χ0n) is 19.8. The molecule has 9 heteroatoms. The quantitative estimate of drug-likeness (QED) is 0.420. The minimum Gasteiger partial charge on any atom is -0.350 e. The molecule has 1 unspecified atom stereocenters. The Kier molecular flexibility index (Phi) is 8.53. The molecule has 184 valence electrons. The van der Waals surface area contributed by atoms with Crippen molar-refractivity contribution < 1.29 is 18.0 Å². The first-order valence-corrected chi connectivity index (χ1v) is 13.0. The average Bonchev–Trinajstić information content (AvgIpc) is 2.83. The minimum absolute atomic E-state index is 0.0377. The fourth-order valence-corrected chi connectivity index (χ4v) is 4.90. The van der Waals surface area contributed by atoms with Gasteiger partial charge in [-0.1, -0.05) is 54.4 Å². The summed E-state index contributed by atoms with van der Waals surface area (Å²) in [7, 11) is -4.09. The van der Waals surface area contributed by atoms with Gasteiger partial charge in [0.05, 0.1) is 21.8 Å². The summed E-state index contributed by atoms with van der Waals surface area (Å²) in [4.78, 5) is 25.8. The number of sulfonamides is 1. The van der Waals surface area contributed by atoms with Crippen molar-refractivity contribution in [3.05, 3.63) is 88.9 Å². The van der Waals surface area contributed by atoms with Gasteiger partial charge in [-0.25, -0.2) is 8.42 Å². The Hall–Kier alpha value is -3.36. The molecule has 0 aliphatic rings. The number of nitrogens with zero attached hydrogens (tertiary/aromatic N) is 1. The zero-order chi connectivity index (χ0) is 25.6. The summed E-state index contributed by atoms with van der Waals surface area (Å²) >= 11 is 6.11. The molecule has 2 N–H and O–H groups in total. The maximum Gasteiger partial charge on any atom is 0.264 e. The maximum atomic E-state index is 13.5. The molecule has 0 saturated heterocycles. The van der Waals surface area contributed by atoms with E-state index in [0.717, 1.165) is 16.3 Å². The van der Waals surface area contributed by atoms with E-state index in [0.29, 0.717) is 5.02 Å². The molecule has 3 aromatic carbocycles. The molecule has 1 atom stereocenters. The van der Waals surface area contributed by atoms with Crippen molar-refractivity contribution in [2.75, 3.05) is 16.2 Å². The Labute approximate surface area is 211 Å². The molecule has 7 nitrogen and oxygen atoms in total. The van der Waals surface area contributed by atoms with E-state index in [1.54, 1.807) is 54.6 Å². The number of aryl methyl sites for hydroxylation is 1. The number of amides is 2. The molecule has 2 amide bonds. The Morgan fingerprint density at radius 3 is 2.34 bits per heavy atom. The van der Waals surface area contributed by atoms with Gasteiger partial charge >= 0.3 is 0 Å². The van der Waals surface area contributed by atoms with Gasteiger partial charge in [-0.2, -0.15) is 0 Å². The van der Waals surface area contributed by atoms with E-state index in [4.69, 9.17) is 11.6 Å². The number of hydrogen-bond donors (Lipinski definition) is 2. The topological polar surface area (TPSA) is 95.6 Å². The fourth-order valence-electron chi connectivity index (χ4n) is 3.30. The molecule has 0 saturated carbocycles. The highest BCUT2D eigenvalue weighted by molar-refractivity contribution is 7.92. The van der Waals surface area contributed by atoms with Crippen LogP contribution in [0.3, 0.4) is 0 Å². The summed E-state index contributed by atoms with van der Waals surface area (Å²) in [5, 5.41) is 5.90. The van der Waals surface area contributed by atoms with E-state index >= 15 is 0 Å². The lowest BCUT2D eigenvalue weighted by molar-refractivity contribution is -0.114. The highest BCUT2D eigenvalue weighted by Crippen LogP contribution is 2.26. The number of carbonyl (C=O) groups is 2. The van der Waals surface area contributed by atoms with Crippen molar-refractivity contribution in [3.63, 3.8) is 0 Å². The molecule has 0 aromatic heterocycles. The van der Waals surface area contributed by atoms with Crippen LogP contribution in [0.15, 0.2) is 77.7 Å². The van der Waals surface area contributed by atoms with Crippen LogP contribution in [0.25, 0.3) is 0 Å². The second kappa shape index (κ2) is 11.4. The van der Waals surface area contributed by atoms with Crippen molar-refractivity contribution in [2.45, 2.75) is 38.1 Å². The summed E-state index contributed by atoms with van der Waals surface area (Å²) in [5.74, 6) is -0.932. The second-order valence-corrected chi connectivity index (χ2v) is 10.5. The second-order valence-electron chi connectivity index (χ2n) is 8.18. The van der Waals surface area contributed by atoms with Crippen LogP contribution in [0.4, 0.5) is 11.4 Å². The van der Waals surface area contributed by atoms with Crippen LogP contribution >= 0.6 is 11.6 Å². The number of rotatable bonds is 9. The predicted molar refractivity (Wildman–Crippen MR) is 139 cm³/mol. The highest BCUT2D eigenvalue weighted by atomic mass is 35.5. The maximum absolute atomic E-state index is 13.5. The molecule has 0 bridgehead atoms. The Morgan fingerprint density at radius 2 is 1.69 bits per heavy atom. The Balaban J connectivity index is 1.91. The van der Waals surface area contributed by atoms with Crippen LogP contribution in [0.5, 0.6) is 0 Å². The van der Waals surface area contributed by atoms with Crippen molar-refractivity contribution >= 4 is 44.8 Å². The molecular weight excluding hydrogens is 486 g/mol. The molecule has 3 aromatic rings. The van der Waals surface area contributed by atoms with E-state index in [2.05, 4.69) is 10.6 Å². The van der Waals surface area contributed by atoms with Crippen molar-refractivity contribution in [1.29, 1.82) is 0 Å². The SMILES string of the molecule is CCC(C)NC(=O)c1ccccc1NC(=O)CN(c1cccc(Cl)c1)S(=O)(=O)c1ccc(C)cc1. The van der Waals surface area contributed by atoms with Gasteiger partial charge in [0.1, 0.15) is 6.54 Å². The first kappa shape index (κ1) is 26.2. The predicted octanol–water partition coefficient (Wildman–Crippen LogP) is 5.01. The highest BCUT2D eigenvalue weighted by Gasteiger charge is 2.28. The van der Waals surface area contributed by atoms with Crippen molar-refractivity contribution in [2.24, 2.45) is 0 Å². The zero-order valence-corrected chi connectivity index (χ0v) is 21.4. The van der Waals surface area contributed by atoms with E-state index in [-0.39, 0.29) is 33.8 Å². The monoisotopic (exact) mass is 513 g/mol. The van der Waals surface area contributed by atoms with Crippen LogP contribution in [-0.2, 0) is 14.8 Å². The summed E-state index contributed by atoms with van der Waals surface area (Å²) in [6.45, 7) is 5.18. The molecule has 0 heterocycles.